The topological polar surface area (TPSA) is 58.5 Å². The van der Waals surface area contributed by atoms with E-state index in [1.807, 2.05) is 36.7 Å². The van der Waals surface area contributed by atoms with E-state index >= 15 is 0 Å². The number of ether oxygens (including phenoxy) is 1. The Balaban J connectivity index is 1.44. The molecule has 0 amide bonds. The van der Waals surface area contributed by atoms with Crippen LogP contribution in [-0.2, 0) is 11.3 Å². The number of hydrogen-bond donors (Lipinski definition) is 1. The number of pyridine rings is 2. The number of morpholine rings is 1. The van der Waals surface area contributed by atoms with E-state index in [9.17, 15) is 0 Å². The van der Waals surface area contributed by atoms with Gasteiger partial charge in [-0.2, -0.15) is 0 Å². The first-order valence-corrected chi connectivity index (χ1v) is 11.5. The van der Waals surface area contributed by atoms with Crippen molar-refractivity contribution in [2.75, 3.05) is 39.4 Å². The molecule has 2 aliphatic rings. The van der Waals surface area contributed by atoms with Crippen LogP contribution < -0.4 is 5.32 Å². The summed E-state index contributed by atoms with van der Waals surface area (Å²) in [5.74, 6) is 0. The number of rotatable bonds is 7. The Morgan fingerprint density at radius 2 is 1.78 bits per heavy atom. The van der Waals surface area contributed by atoms with E-state index in [0.29, 0.717) is 0 Å². The third-order valence-electron chi connectivity index (χ3n) is 6.18. The molecule has 2 fully saturated rings. The standard InChI is InChI=1S/C24H28N6OS/c32-24-27-22(20-7-2-4-10-26-20)23(30(24)13-12-28-14-16-31-17-15-28)21-8-5-11-29(21)18-19-6-1-3-9-25-19/h1-11,22-23H,12-18H2,(H,27,32)/t22-,23-/m1/s1. The summed E-state index contributed by atoms with van der Waals surface area (Å²) >= 11 is 5.83. The van der Waals surface area contributed by atoms with E-state index < -0.39 is 0 Å². The first-order chi connectivity index (χ1) is 15.8. The van der Waals surface area contributed by atoms with Gasteiger partial charge in [-0.1, -0.05) is 12.1 Å². The highest BCUT2D eigenvalue weighted by Gasteiger charge is 2.41. The van der Waals surface area contributed by atoms with Gasteiger partial charge in [-0.05, 0) is 48.6 Å². The Morgan fingerprint density at radius 3 is 2.53 bits per heavy atom. The fourth-order valence-electron chi connectivity index (χ4n) is 4.55. The number of thiocarbonyl (C=S) groups is 1. The molecule has 1 N–H and O–H groups in total. The van der Waals surface area contributed by atoms with Crippen LogP contribution in [-0.4, -0.2) is 68.8 Å². The predicted octanol–water partition coefficient (Wildman–Crippen LogP) is 2.63. The molecule has 166 valence electrons. The zero-order chi connectivity index (χ0) is 21.8. The second kappa shape index (κ2) is 9.77. The normalized spacial score (nSPS) is 21.6. The van der Waals surface area contributed by atoms with Gasteiger partial charge in [-0.25, -0.2) is 0 Å². The highest BCUT2D eigenvalue weighted by atomic mass is 32.1. The fourth-order valence-corrected chi connectivity index (χ4v) is 4.88. The van der Waals surface area contributed by atoms with Gasteiger partial charge in [0.25, 0.3) is 0 Å². The molecular weight excluding hydrogens is 420 g/mol. The third-order valence-corrected chi connectivity index (χ3v) is 6.54. The molecule has 8 heteroatoms. The van der Waals surface area contributed by atoms with Crippen molar-refractivity contribution in [3.63, 3.8) is 0 Å². The second-order valence-corrected chi connectivity index (χ2v) is 8.54. The summed E-state index contributed by atoms with van der Waals surface area (Å²) in [6, 6.07) is 16.4. The molecule has 2 atom stereocenters. The summed E-state index contributed by atoms with van der Waals surface area (Å²) in [7, 11) is 0. The summed E-state index contributed by atoms with van der Waals surface area (Å²) in [5, 5.41) is 4.34. The largest absolute Gasteiger partial charge is 0.379 e. The molecule has 32 heavy (non-hydrogen) atoms. The van der Waals surface area contributed by atoms with Crippen LogP contribution in [0.5, 0.6) is 0 Å². The molecular formula is C24H28N6OS. The van der Waals surface area contributed by atoms with E-state index in [1.165, 1.54) is 5.69 Å². The van der Waals surface area contributed by atoms with Crippen molar-refractivity contribution in [1.29, 1.82) is 0 Å². The lowest BCUT2D eigenvalue weighted by atomic mass is 10.0. The molecule has 5 heterocycles. The van der Waals surface area contributed by atoms with Gasteiger partial charge in [-0.15, -0.1) is 0 Å². The molecule has 2 saturated heterocycles. The van der Waals surface area contributed by atoms with Gasteiger partial charge >= 0.3 is 0 Å². The summed E-state index contributed by atoms with van der Waals surface area (Å²) in [6.07, 6.45) is 5.82. The SMILES string of the molecule is S=C1N[C@H](c2ccccn2)[C@@H](c2cccn2Cc2ccccn2)N1CCN1CCOCC1. The zero-order valence-electron chi connectivity index (χ0n) is 18.0. The quantitative estimate of drug-likeness (QED) is 0.558. The maximum atomic E-state index is 5.83. The van der Waals surface area contributed by atoms with Crippen LogP contribution in [0.25, 0.3) is 0 Å². The van der Waals surface area contributed by atoms with Gasteiger partial charge in [0, 0.05) is 50.5 Å². The van der Waals surface area contributed by atoms with E-state index in [2.05, 4.69) is 60.1 Å². The lowest BCUT2D eigenvalue weighted by Crippen LogP contribution is -2.42. The molecule has 5 rings (SSSR count). The van der Waals surface area contributed by atoms with Gasteiger partial charge in [-0.3, -0.25) is 14.9 Å². The van der Waals surface area contributed by atoms with Crippen molar-refractivity contribution in [1.82, 2.24) is 29.7 Å². The maximum Gasteiger partial charge on any atom is 0.170 e. The molecule has 0 aliphatic carbocycles. The molecule has 0 spiro atoms. The van der Waals surface area contributed by atoms with Crippen LogP contribution in [0.1, 0.15) is 29.2 Å². The molecule has 7 nitrogen and oxygen atoms in total. The van der Waals surface area contributed by atoms with Crippen molar-refractivity contribution in [3.8, 4) is 0 Å². The molecule has 0 aromatic carbocycles. The predicted molar refractivity (Wildman–Crippen MR) is 127 cm³/mol. The number of aromatic nitrogens is 3. The number of nitrogens with zero attached hydrogens (tertiary/aromatic N) is 5. The third kappa shape index (κ3) is 4.53. The first kappa shape index (κ1) is 21.1. The lowest BCUT2D eigenvalue weighted by Gasteiger charge is -2.32. The van der Waals surface area contributed by atoms with Gasteiger partial charge in [0.1, 0.15) is 0 Å². The van der Waals surface area contributed by atoms with Crippen LogP contribution in [0, 0.1) is 0 Å². The summed E-state index contributed by atoms with van der Waals surface area (Å²) < 4.78 is 7.79. The average Bonchev–Trinajstić information content (AvgIpc) is 3.43. The molecule has 0 radical (unpaired) electrons. The van der Waals surface area contributed by atoms with Crippen molar-refractivity contribution in [2.24, 2.45) is 0 Å². The molecule has 2 aliphatic heterocycles. The monoisotopic (exact) mass is 448 g/mol. The van der Waals surface area contributed by atoms with Crippen LogP contribution in [0.4, 0.5) is 0 Å². The smallest absolute Gasteiger partial charge is 0.170 e. The fraction of sp³-hybridized carbons (Fsp3) is 0.375. The molecule has 0 unspecified atom stereocenters. The molecule has 3 aromatic rings. The van der Waals surface area contributed by atoms with Gasteiger partial charge in [0.15, 0.2) is 5.11 Å². The minimum absolute atomic E-state index is 0.00854. The Hall–Kier alpha value is -2.81. The summed E-state index contributed by atoms with van der Waals surface area (Å²) in [5.41, 5.74) is 3.24. The number of nitrogens with one attached hydrogen (secondary N) is 1. The van der Waals surface area contributed by atoms with Crippen molar-refractivity contribution >= 4 is 17.3 Å². The van der Waals surface area contributed by atoms with Gasteiger partial charge in [0.2, 0.25) is 0 Å². The van der Waals surface area contributed by atoms with Crippen LogP contribution >= 0.6 is 12.2 Å². The van der Waals surface area contributed by atoms with Crippen molar-refractivity contribution in [3.05, 3.63) is 84.2 Å². The van der Waals surface area contributed by atoms with Gasteiger partial charge < -0.3 is 19.5 Å². The Labute approximate surface area is 194 Å². The maximum absolute atomic E-state index is 5.83. The van der Waals surface area contributed by atoms with E-state index in [0.717, 1.165) is 62.4 Å². The highest BCUT2D eigenvalue weighted by molar-refractivity contribution is 7.80. The molecule has 0 saturated carbocycles. The Bertz CT molecular complexity index is 1020. The Morgan fingerprint density at radius 1 is 0.969 bits per heavy atom. The van der Waals surface area contributed by atoms with Crippen molar-refractivity contribution in [2.45, 2.75) is 18.6 Å². The summed E-state index contributed by atoms with van der Waals surface area (Å²) in [6.45, 7) is 6.08. The van der Waals surface area contributed by atoms with Crippen LogP contribution in [0.2, 0.25) is 0 Å². The highest BCUT2D eigenvalue weighted by Crippen LogP contribution is 2.38. The van der Waals surface area contributed by atoms with E-state index in [-0.39, 0.29) is 12.1 Å². The molecule has 3 aromatic heterocycles. The minimum Gasteiger partial charge on any atom is -0.379 e. The van der Waals surface area contributed by atoms with E-state index in [1.54, 1.807) is 0 Å². The lowest BCUT2D eigenvalue weighted by molar-refractivity contribution is 0.0349. The minimum atomic E-state index is -0.00854. The zero-order valence-corrected chi connectivity index (χ0v) is 18.8. The van der Waals surface area contributed by atoms with Crippen LogP contribution in [0.15, 0.2) is 67.1 Å². The van der Waals surface area contributed by atoms with E-state index in [4.69, 9.17) is 17.0 Å². The van der Waals surface area contributed by atoms with Gasteiger partial charge in [0.05, 0.1) is 43.2 Å². The summed E-state index contributed by atoms with van der Waals surface area (Å²) in [4.78, 5) is 14.0. The van der Waals surface area contributed by atoms with Crippen molar-refractivity contribution < 1.29 is 4.74 Å². The first-order valence-electron chi connectivity index (χ1n) is 11.1. The molecule has 0 bridgehead atoms. The Kier molecular flexibility index (Phi) is 6.43. The second-order valence-electron chi connectivity index (χ2n) is 8.16. The average molecular weight is 449 g/mol. The van der Waals surface area contributed by atoms with Crippen LogP contribution in [0.3, 0.4) is 0 Å². The number of hydrogen-bond acceptors (Lipinski definition) is 5.